The molecule has 0 radical (unpaired) electrons. The first-order valence-corrected chi connectivity index (χ1v) is 6.98. The normalized spacial score (nSPS) is 10.0. The summed E-state index contributed by atoms with van der Waals surface area (Å²) in [7, 11) is 1.55. The number of carbonyl (C=O) groups excluding carboxylic acids is 2. The monoisotopic (exact) mass is 316 g/mol. The highest BCUT2D eigenvalue weighted by atomic mass is 19.1. The van der Waals surface area contributed by atoms with E-state index in [2.05, 4.69) is 10.6 Å². The number of benzene rings is 2. The molecule has 2 rings (SSSR count). The first-order chi connectivity index (χ1) is 11.0. The van der Waals surface area contributed by atoms with Crippen LogP contribution >= 0.6 is 0 Å². The van der Waals surface area contributed by atoms with Crippen molar-refractivity contribution in [3.8, 4) is 5.75 Å². The van der Waals surface area contributed by atoms with Crippen LogP contribution < -0.4 is 15.4 Å². The number of methoxy groups -OCH3 is 1. The molecule has 2 aromatic carbocycles. The van der Waals surface area contributed by atoms with Crippen LogP contribution in [0.5, 0.6) is 5.75 Å². The van der Waals surface area contributed by atoms with Gasteiger partial charge in [-0.3, -0.25) is 9.59 Å². The lowest BCUT2D eigenvalue weighted by atomic mass is 10.2. The van der Waals surface area contributed by atoms with Gasteiger partial charge in [-0.15, -0.1) is 0 Å². The first kappa shape index (κ1) is 16.5. The fraction of sp³-hybridized carbons (Fsp3) is 0.176. The number of halogens is 1. The zero-order valence-corrected chi connectivity index (χ0v) is 12.9. The highest BCUT2D eigenvalue weighted by molar-refractivity contribution is 6.39. The Morgan fingerprint density at radius 1 is 1.13 bits per heavy atom. The highest BCUT2D eigenvalue weighted by Crippen LogP contribution is 2.16. The summed E-state index contributed by atoms with van der Waals surface area (Å²) in [6.07, 6.45) is 0. The van der Waals surface area contributed by atoms with Crippen LogP contribution in [0.15, 0.2) is 42.5 Å². The summed E-state index contributed by atoms with van der Waals surface area (Å²) >= 11 is 0. The van der Waals surface area contributed by atoms with Gasteiger partial charge in [0, 0.05) is 12.2 Å². The van der Waals surface area contributed by atoms with Crippen molar-refractivity contribution >= 4 is 17.5 Å². The molecular formula is C17H17FN2O3. The van der Waals surface area contributed by atoms with E-state index in [4.69, 9.17) is 4.74 Å². The SMILES string of the molecule is COc1cccc(CNC(=O)C(=O)Nc2cc(F)ccc2C)c1. The van der Waals surface area contributed by atoms with Gasteiger partial charge in [0.05, 0.1) is 7.11 Å². The number of anilines is 1. The molecule has 2 N–H and O–H groups in total. The van der Waals surface area contributed by atoms with E-state index in [0.29, 0.717) is 11.3 Å². The van der Waals surface area contributed by atoms with Crippen molar-refractivity contribution in [1.29, 1.82) is 0 Å². The predicted octanol–water partition coefficient (Wildman–Crippen LogP) is 2.40. The molecule has 0 aliphatic carbocycles. The Morgan fingerprint density at radius 3 is 2.65 bits per heavy atom. The van der Waals surface area contributed by atoms with Crippen LogP contribution in [0.4, 0.5) is 10.1 Å². The summed E-state index contributed by atoms with van der Waals surface area (Å²) in [5, 5.41) is 4.90. The van der Waals surface area contributed by atoms with E-state index in [1.54, 1.807) is 38.3 Å². The quantitative estimate of drug-likeness (QED) is 0.851. The molecule has 0 saturated carbocycles. The summed E-state index contributed by atoms with van der Waals surface area (Å²) in [6, 6.07) is 11.1. The number of rotatable bonds is 4. The Hall–Kier alpha value is -2.89. The molecule has 120 valence electrons. The molecule has 2 amide bonds. The Morgan fingerprint density at radius 2 is 1.91 bits per heavy atom. The third kappa shape index (κ3) is 4.54. The van der Waals surface area contributed by atoms with Crippen molar-refractivity contribution in [1.82, 2.24) is 5.32 Å². The minimum absolute atomic E-state index is 0.186. The predicted molar refractivity (Wildman–Crippen MR) is 84.6 cm³/mol. The molecular weight excluding hydrogens is 299 g/mol. The number of nitrogens with one attached hydrogen (secondary N) is 2. The third-order valence-electron chi connectivity index (χ3n) is 3.24. The molecule has 0 spiro atoms. The number of hydrogen-bond acceptors (Lipinski definition) is 3. The summed E-state index contributed by atoms with van der Waals surface area (Å²) in [5.41, 5.74) is 1.74. The summed E-state index contributed by atoms with van der Waals surface area (Å²) in [5.74, 6) is -1.46. The van der Waals surface area contributed by atoms with Crippen LogP contribution in [-0.4, -0.2) is 18.9 Å². The topological polar surface area (TPSA) is 67.4 Å². The van der Waals surface area contributed by atoms with E-state index in [1.807, 2.05) is 0 Å². The number of ether oxygens (including phenoxy) is 1. The zero-order chi connectivity index (χ0) is 16.8. The van der Waals surface area contributed by atoms with Gasteiger partial charge >= 0.3 is 11.8 Å². The molecule has 23 heavy (non-hydrogen) atoms. The van der Waals surface area contributed by atoms with Crippen molar-refractivity contribution in [2.75, 3.05) is 12.4 Å². The Labute approximate surface area is 133 Å². The molecule has 0 heterocycles. The summed E-state index contributed by atoms with van der Waals surface area (Å²) in [6.45, 7) is 1.90. The fourth-order valence-electron chi connectivity index (χ4n) is 1.95. The lowest BCUT2D eigenvalue weighted by molar-refractivity contribution is -0.136. The molecule has 0 bridgehead atoms. The van der Waals surface area contributed by atoms with Crippen molar-refractivity contribution < 1.29 is 18.7 Å². The molecule has 0 atom stereocenters. The van der Waals surface area contributed by atoms with Gasteiger partial charge < -0.3 is 15.4 Å². The van der Waals surface area contributed by atoms with Crippen molar-refractivity contribution in [3.63, 3.8) is 0 Å². The molecule has 0 aliphatic heterocycles. The van der Waals surface area contributed by atoms with E-state index in [0.717, 1.165) is 5.56 Å². The van der Waals surface area contributed by atoms with Gasteiger partial charge in [0.2, 0.25) is 0 Å². The molecule has 0 saturated heterocycles. The maximum Gasteiger partial charge on any atom is 0.313 e. The lowest BCUT2D eigenvalue weighted by Gasteiger charge is -2.09. The van der Waals surface area contributed by atoms with E-state index in [-0.39, 0.29) is 12.2 Å². The van der Waals surface area contributed by atoms with Crippen molar-refractivity contribution in [2.45, 2.75) is 13.5 Å². The third-order valence-corrected chi connectivity index (χ3v) is 3.24. The van der Waals surface area contributed by atoms with Gasteiger partial charge in [0.15, 0.2) is 0 Å². The van der Waals surface area contributed by atoms with Gasteiger partial charge in [0.1, 0.15) is 11.6 Å². The van der Waals surface area contributed by atoms with E-state index < -0.39 is 17.6 Å². The Balaban J connectivity index is 1.94. The molecule has 0 unspecified atom stereocenters. The average Bonchev–Trinajstić information content (AvgIpc) is 2.56. The smallest absolute Gasteiger partial charge is 0.313 e. The van der Waals surface area contributed by atoms with Crippen LogP contribution in [0.1, 0.15) is 11.1 Å². The van der Waals surface area contributed by atoms with Crippen molar-refractivity contribution in [3.05, 3.63) is 59.4 Å². The van der Waals surface area contributed by atoms with Crippen LogP contribution in [0.3, 0.4) is 0 Å². The lowest BCUT2D eigenvalue weighted by Crippen LogP contribution is -2.35. The summed E-state index contributed by atoms with van der Waals surface area (Å²) < 4.78 is 18.3. The molecule has 0 aliphatic rings. The largest absolute Gasteiger partial charge is 0.497 e. The average molecular weight is 316 g/mol. The van der Waals surface area contributed by atoms with Crippen LogP contribution in [0.2, 0.25) is 0 Å². The van der Waals surface area contributed by atoms with E-state index in [1.165, 1.54) is 18.2 Å². The number of aryl methyl sites for hydroxylation is 1. The second kappa shape index (κ2) is 7.40. The van der Waals surface area contributed by atoms with Gasteiger partial charge in [-0.05, 0) is 42.3 Å². The van der Waals surface area contributed by atoms with Gasteiger partial charge in [0.25, 0.3) is 0 Å². The van der Waals surface area contributed by atoms with E-state index >= 15 is 0 Å². The second-order valence-corrected chi connectivity index (χ2v) is 4.95. The van der Waals surface area contributed by atoms with Gasteiger partial charge in [-0.1, -0.05) is 18.2 Å². The van der Waals surface area contributed by atoms with Crippen LogP contribution in [0, 0.1) is 12.7 Å². The standard InChI is InChI=1S/C17H17FN2O3/c1-11-6-7-13(18)9-15(11)20-17(22)16(21)19-10-12-4-3-5-14(8-12)23-2/h3-9H,10H2,1-2H3,(H,19,21)(H,20,22). The molecule has 0 aromatic heterocycles. The Kier molecular flexibility index (Phi) is 5.30. The van der Waals surface area contributed by atoms with Gasteiger partial charge in [-0.2, -0.15) is 0 Å². The molecule has 0 fully saturated rings. The fourth-order valence-corrected chi connectivity index (χ4v) is 1.95. The first-order valence-electron chi connectivity index (χ1n) is 6.98. The van der Waals surface area contributed by atoms with Crippen molar-refractivity contribution in [2.24, 2.45) is 0 Å². The number of amides is 2. The van der Waals surface area contributed by atoms with Crippen LogP contribution in [-0.2, 0) is 16.1 Å². The number of carbonyl (C=O) groups is 2. The Bertz CT molecular complexity index is 732. The molecule has 2 aromatic rings. The minimum atomic E-state index is -0.846. The second-order valence-electron chi connectivity index (χ2n) is 4.95. The number of hydrogen-bond donors (Lipinski definition) is 2. The maximum atomic E-state index is 13.2. The minimum Gasteiger partial charge on any atom is -0.497 e. The maximum absolute atomic E-state index is 13.2. The highest BCUT2D eigenvalue weighted by Gasteiger charge is 2.14. The van der Waals surface area contributed by atoms with Gasteiger partial charge in [-0.25, -0.2) is 4.39 Å². The van der Waals surface area contributed by atoms with E-state index in [9.17, 15) is 14.0 Å². The zero-order valence-electron chi connectivity index (χ0n) is 12.9. The molecule has 6 heteroatoms. The van der Waals surface area contributed by atoms with Crippen LogP contribution in [0.25, 0.3) is 0 Å². The molecule has 5 nitrogen and oxygen atoms in total. The summed E-state index contributed by atoms with van der Waals surface area (Å²) in [4.78, 5) is 23.7.